The maximum atomic E-state index is 9.44. The Labute approximate surface area is 96.7 Å². The van der Waals surface area contributed by atoms with E-state index in [-0.39, 0.29) is 12.7 Å². The summed E-state index contributed by atoms with van der Waals surface area (Å²) in [6.45, 7) is -0.246. The Kier molecular flexibility index (Phi) is 6.08. The minimum atomic E-state index is -0.777. The molecule has 0 saturated heterocycles. The molecular weight excluding hydrogens is 204 g/mol. The van der Waals surface area contributed by atoms with Crippen molar-refractivity contribution in [2.75, 3.05) is 13.7 Å². The lowest BCUT2D eigenvalue weighted by Gasteiger charge is -2.19. The van der Waals surface area contributed by atoms with E-state index in [0.717, 1.165) is 19.3 Å². The Balaban J connectivity index is 2.28. The van der Waals surface area contributed by atoms with E-state index in [1.165, 1.54) is 5.56 Å². The van der Waals surface area contributed by atoms with E-state index in [0.29, 0.717) is 0 Å². The number of hydrogen-bond donors (Lipinski definition) is 2. The molecule has 0 unspecified atom stereocenters. The molecule has 1 aromatic rings. The number of ether oxygens (including phenoxy) is 1. The van der Waals surface area contributed by atoms with Crippen LogP contribution in [-0.2, 0) is 11.2 Å². The van der Waals surface area contributed by atoms with Crippen LogP contribution in [0.2, 0.25) is 0 Å². The lowest BCUT2D eigenvalue weighted by molar-refractivity contribution is -0.0416. The van der Waals surface area contributed by atoms with E-state index in [9.17, 15) is 5.11 Å². The van der Waals surface area contributed by atoms with E-state index in [1.54, 1.807) is 7.11 Å². The largest absolute Gasteiger partial charge is 0.394 e. The van der Waals surface area contributed by atoms with E-state index in [2.05, 4.69) is 12.1 Å². The number of aryl methyl sites for hydroxylation is 1. The molecule has 16 heavy (non-hydrogen) atoms. The first-order valence-corrected chi connectivity index (χ1v) is 5.63. The number of aliphatic hydroxyl groups is 2. The monoisotopic (exact) mass is 224 g/mol. The summed E-state index contributed by atoms with van der Waals surface area (Å²) >= 11 is 0. The summed E-state index contributed by atoms with van der Waals surface area (Å²) in [5.41, 5.74) is 1.29. The normalized spacial score (nSPS) is 14.7. The molecule has 2 atom stereocenters. The molecule has 0 amide bonds. The van der Waals surface area contributed by atoms with Crippen molar-refractivity contribution in [3.63, 3.8) is 0 Å². The van der Waals surface area contributed by atoms with Crippen molar-refractivity contribution < 1.29 is 14.9 Å². The second kappa shape index (κ2) is 7.39. The van der Waals surface area contributed by atoms with E-state index in [4.69, 9.17) is 9.84 Å². The Bertz CT molecular complexity index is 274. The fourth-order valence-corrected chi connectivity index (χ4v) is 1.74. The zero-order chi connectivity index (χ0) is 11.8. The van der Waals surface area contributed by atoms with Gasteiger partial charge in [0.15, 0.2) is 0 Å². The second-order valence-corrected chi connectivity index (χ2v) is 3.90. The molecule has 0 saturated carbocycles. The van der Waals surface area contributed by atoms with Crippen molar-refractivity contribution in [2.24, 2.45) is 0 Å². The lowest BCUT2D eigenvalue weighted by atomic mass is 10.0. The van der Waals surface area contributed by atoms with Crippen LogP contribution in [-0.4, -0.2) is 36.1 Å². The highest BCUT2D eigenvalue weighted by Crippen LogP contribution is 2.10. The van der Waals surface area contributed by atoms with E-state index >= 15 is 0 Å². The molecule has 0 aromatic heterocycles. The third-order valence-corrected chi connectivity index (χ3v) is 2.72. The summed E-state index contributed by atoms with van der Waals surface area (Å²) in [4.78, 5) is 0. The minimum absolute atomic E-state index is 0.246. The standard InChI is InChI=1S/C13H20O3/c1-16-13(12(15)10-14)9-5-8-11-6-3-2-4-7-11/h2-4,6-7,12-15H,5,8-10H2,1H3/t12-,13+/m0/s1. The van der Waals surface area contributed by atoms with Gasteiger partial charge in [-0.1, -0.05) is 30.3 Å². The van der Waals surface area contributed by atoms with Crippen molar-refractivity contribution in [1.29, 1.82) is 0 Å². The zero-order valence-electron chi connectivity index (χ0n) is 9.67. The zero-order valence-corrected chi connectivity index (χ0v) is 9.67. The van der Waals surface area contributed by atoms with Crippen molar-refractivity contribution >= 4 is 0 Å². The van der Waals surface area contributed by atoms with Gasteiger partial charge in [0.1, 0.15) is 6.10 Å². The average Bonchev–Trinajstić information content (AvgIpc) is 2.35. The second-order valence-electron chi connectivity index (χ2n) is 3.90. The van der Waals surface area contributed by atoms with E-state index < -0.39 is 6.10 Å². The molecule has 90 valence electrons. The van der Waals surface area contributed by atoms with Gasteiger partial charge < -0.3 is 14.9 Å². The molecule has 1 aromatic carbocycles. The summed E-state index contributed by atoms with van der Waals surface area (Å²) in [5, 5.41) is 18.3. The molecular formula is C13H20O3. The Morgan fingerprint density at radius 3 is 2.50 bits per heavy atom. The number of rotatable bonds is 7. The van der Waals surface area contributed by atoms with Crippen LogP contribution in [0.1, 0.15) is 18.4 Å². The van der Waals surface area contributed by atoms with Crippen LogP contribution < -0.4 is 0 Å². The van der Waals surface area contributed by atoms with Crippen LogP contribution in [0, 0.1) is 0 Å². The highest BCUT2D eigenvalue weighted by molar-refractivity contribution is 5.14. The Hall–Kier alpha value is -0.900. The van der Waals surface area contributed by atoms with E-state index in [1.807, 2.05) is 18.2 Å². The van der Waals surface area contributed by atoms with Crippen LogP contribution in [0.4, 0.5) is 0 Å². The molecule has 0 bridgehead atoms. The molecule has 0 aliphatic rings. The molecule has 1 rings (SSSR count). The maximum Gasteiger partial charge on any atom is 0.103 e. The first kappa shape index (κ1) is 13.2. The smallest absolute Gasteiger partial charge is 0.103 e. The third kappa shape index (κ3) is 4.31. The van der Waals surface area contributed by atoms with Crippen molar-refractivity contribution in [3.8, 4) is 0 Å². The average molecular weight is 224 g/mol. The molecule has 3 heteroatoms. The van der Waals surface area contributed by atoms with Crippen molar-refractivity contribution in [3.05, 3.63) is 35.9 Å². The summed E-state index contributed by atoms with van der Waals surface area (Å²) < 4.78 is 5.13. The van der Waals surface area contributed by atoms with Gasteiger partial charge in [0.25, 0.3) is 0 Å². The lowest BCUT2D eigenvalue weighted by Crippen LogP contribution is -2.31. The molecule has 0 radical (unpaired) electrons. The summed E-state index contributed by atoms with van der Waals surface area (Å²) in [6.07, 6.45) is 1.63. The topological polar surface area (TPSA) is 49.7 Å². The van der Waals surface area contributed by atoms with Crippen LogP contribution >= 0.6 is 0 Å². The summed E-state index contributed by atoms with van der Waals surface area (Å²) in [7, 11) is 1.56. The van der Waals surface area contributed by atoms with Crippen LogP contribution in [0.5, 0.6) is 0 Å². The quantitative estimate of drug-likeness (QED) is 0.735. The highest BCUT2D eigenvalue weighted by atomic mass is 16.5. The van der Waals surface area contributed by atoms with Gasteiger partial charge in [0, 0.05) is 7.11 Å². The highest BCUT2D eigenvalue weighted by Gasteiger charge is 2.16. The third-order valence-electron chi connectivity index (χ3n) is 2.72. The molecule has 0 aliphatic carbocycles. The maximum absolute atomic E-state index is 9.44. The summed E-state index contributed by atoms with van der Waals surface area (Å²) in [6, 6.07) is 10.2. The van der Waals surface area contributed by atoms with Crippen molar-refractivity contribution in [1.82, 2.24) is 0 Å². The first-order chi connectivity index (χ1) is 7.77. The van der Waals surface area contributed by atoms with Gasteiger partial charge in [-0.2, -0.15) is 0 Å². The van der Waals surface area contributed by atoms with Crippen molar-refractivity contribution in [2.45, 2.75) is 31.5 Å². The van der Waals surface area contributed by atoms with Gasteiger partial charge in [0.2, 0.25) is 0 Å². The molecule has 0 fully saturated rings. The summed E-state index contributed by atoms with van der Waals surface area (Å²) in [5.74, 6) is 0. The predicted octanol–water partition coefficient (Wildman–Crippen LogP) is 1.38. The number of methoxy groups -OCH3 is 1. The van der Waals surface area contributed by atoms with Gasteiger partial charge in [0.05, 0.1) is 12.7 Å². The van der Waals surface area contributed by atoms with Gasteiger partial charge in [-0.15, -0.1) is 0 Å². The SMILES string of the molecule is CO[C@H](CCCc1ccccc1)[C@@H](O)CO. The fraction of sp³-hybridized carbons (Fsp3) is 0.538. The predicted molar refractivity (Wildman–Crippen MR) is 63.3 cm³/mol. The van der Waals surface area contributed by atoms with Gasteiger partial charge >= 0.3 is 0 Å². The van der Waals surface area contributed by atoms with Gasteiger partial charge in [-0.25, -0.2) is 0 Å². The van der Waals surface area contributed by atoms with Crippen LogP contribution in [0.15, 0.2) is 30.3 Å². The Morgan fingerprint density at radius 1 is 1.25 bits per heavy atom. The molecule has 3 nitrogen and oxygen atoms in total. The van der Waals surface area contributed by atoms with Gasteiger partial charge in [-0.05, 0) is 24.8 Å². The molecule has 2 N–H and O–H groups in total. The molecule has 0 heterocycles. The minimum Gasteiger partial charge on any atom is -0.394 e. The molecule has 0 aliphatic heterocycles. The number of aliphatic hydroxyl groups excluding tert-OH is 2. The van der Waals surface area contributed by atoms with Gasteiger partial charge in [-0.3, -0.25) is 0 Å². The van der Waals surface area contributed by atoms with Crippen LogP contribution in [0.25, 0.3) is 0 Å². The number of benzene rings is 1. The Morgan fingerprint density at radius 2 is 1.94 bits per heavy atom. The fourth-order valence-electron chi connectivity index (χ4n) is 1.74. The number of hydrogen-bond acceptors (Lipinski definition) is 3. The first-order valence-electron chi connectivity index (χ1n) is 5.63. The molecule has 0 spiro atoms. The van der Waals surface area contributed by atoms with Crippen LogP contribution in [0.3, 0.4) is 0 Å².